The Morgan fingerprint density at radius 3 is 2.21 bits per heavy atom. The van der Waals surface area contributed by atoms with Crippen LogP contribution >= 0.6 is 0 Å². The molecule has 0 bridgehead atoms. The quantitative estimate of drug-likeness (QED) is 0.106. The number of aliphatic hydroxyl groups excluding tert-OH is 4. The van der Waals surface area contributed by atoms with E-state index in [4.69, 9.17) is 18.9 Å². The van der Waals surface area contributed by atoms with Gasteiger partial charge in [0.15, 0.2) is 12.4 Å². The van der Waals surface area contributed by atoms with Crippen LogP contribution in [0.1, 0.15) is 46.5 Å². The van der Waals surface area contributed by atoms with Gasteiger partial charge in [-0.1, -0.05) is 20.3 Å². The zero-order chi connectivity index (χ0) is 29.3. The summed E-state index contributed by atoms with van der Waals surface area (Å²) < 4.78 is 27.3. The molecule has 2 amide bonds. The van der Waals surface area contributed by atoms with Gasteiger partial charge in [0.2, 0.25) is 5.91 Å². The molecule has 226 valence electrons. The first-order valence-electron chi connectivity index (χ1n) is 13.2. The van der Waals surface area contributed by atoms with Crippen LogP contribution in [0.15, 0.2) is 0 Å². The van der Waals surface area contributed by atoms with Gasteiger partial charge in [-0.25, -0.2) is 0 Å². The summed E-state index contributed by atoms with van der Waals surface area (Å²) in [6.07, 6.45) is -9.67. The summed E-state index contributed by atoms with van der Waals surface area (Å²) in [5.41, 5.74) is 0. The molecule has 39 heavy (non-hydrogen) atoms. The molecule has 0 aromatic rings. The summed E-state index contributed by atoms with van der Waals surface area (Å²) in [5, 5.41) is 47.6. The molecule has 2 rings (SSSR count). The molecule has 2 saturated heterocycles. The first kappa shape index (κ1) is 33.3. The van der Waals surface area contributed by atoms with Crippen LogP contribution in [0.5, 0.6) is 0 Å². The van der Waals surface area contributed by atoms with Gasteiger partial charge in [-0.05, 0) is 18.8 Å². The van der Waals surface area contributed by atoms with E-state index in [1.807, 2.05) is 13.8 Å². The summed E-state index contributed by atoms with van der Waals surface area (Å²) in [6.45, 7) is 4.67. The van der Waals surface area contributed by atoms with Crippen LogP contribution in [0.4, 0.5) is 0 Å². The van der Waals surface area contributed by atoms with Crippen molar-refractivity contribution in [1.29, 1.82) is 0 Å². The number of nitrogens with one attached hydrogen (secondary N) is 2. The monoisotopic (exact) mass is 564 g/mol. The third-order valence-electron chi connectivity index (χ3n) is 6.91. The van der Waals surface area contributed by atoms with Gasteiger partial charge >= 0.3 is 5.97 Å². The molecule has 0 radical (unpaired) electrons. The van der Waals surface area contributed by atoms with Gasteiger partial charge in [0, 0.05) is 27.0 Å². The van der Waals surface area contributed by atoms with Gasteiger partial charge in [-0.2, -0.15) is 0 Å². The molecule has 14 nitrogen and oxygen atoms in total. The van der Waals surface area contributed by atoms with Crippen molar-refractivity contribution in [2.24, 2.45) is 5.92 Å². The van der Waals surface area contributed by atoms with Gasteiger partial charge in [-0.3, -0.25) is 14.4 Å². The van der Waals surface area contributed by atoms with E-state index < -0.39 is 79.6 Å². The van der Waals surface area contributed by atoms with E-state index in [2.05, 4.69) is 15.4 Å². The highest BCUT2D eigenvalue weighted by Gasteiger charge is 2.53. The lowest BCUT2D eigenvalue weighted by Crippen LogP contribution is -2.69. The number of amides is 2. The Morgan fingerprint density at radius 1 is 0.949 bits per heavy atom. The smallest absolute Gasteiger partial charge is 0.305 e. The van der Waals surface area contributed by atoms with Crippen LogP contribution in [-0.2, 0) is 38.1 Å². The van der Waals surface area contributed by atoms with Crippen LogP contribution in [-0.4, -0.2) is 127 Å². The zero-order valence-electron chi connectivity index (χ0n) is 23.1. The number of carbonyl (C=O) groups is 3. The van der Waals surface area contributed by atoms with Crippen LogP contribution in [0.3, 0.4) is 0 Å². The average Bonchev–Trinajstić information content (AvgIpc) is 2.88. The molecule has 2 aliphatic heterocycles. The molecule has 0 saturated carbocycles. The molecular weight excluding hydrogens is 520 g/mol. The van der Waals surface area contributed by atoms with E-state index in [9.17, 15) is 34.8 Å². The molecule has 10 unspecified atom stereocenters. The number of methoxy groups -OCH3 is 2. The molecule has 0 spiro atoms. The highest BCUT2D eigenvalue weighted by molar-refractivity contribution is 5.81. The second-order valence-corrected chi connectivity index (χ2v) is 10.2. The van der Waals surface area contributed by atoms with Gasteiger partial charge in [0.1, 0.15) is 36.6 Å². The average molecular weight is 565 g/mol. The number of hydrogen-bond donors (Lipinski definition) is 6. The maximum Gasteiger partial charge on any atom is 0.305 e. The van der Waals surface area contributed by atoms with Crippen molar-refractivity contribution >= 4 is 17.8 Å². The summed E-state index contributed by atoms with van der Waals surface area (Å²) in [4.78, 5) is 36.1. The number of carbonyl (C=O) groups excluding carboxylic acids is 3. The van der Waals surface area contributed by atoms with Crippen molar-refractivity contribution in [3.8, 4) is 0 Å². The minimum Gasteiger partial charge on any atom is -0.469 e. The molecule has 2 heterocycles. The highest BCUT2D eigenvalue weighted by atomic mass is 16.7. The van der Waals surface area contributed by atoms with Crippen molar-refractivity contribution in [1.82, 2.24) is 10.6 Å². The van der Waals surface area contributed by atoms with Crippen molar-refractivity contribution < 1.29 is 58.5 Å². The highest BCUT2D eigenvalue weighted by Crippen LogP contribution is 2.32. The fourth-order valence-electron chi connectivity index (χ4n) is 4.85. The van der Waals surface area contributed by atoms with Gasteiger partial charge in [0.05, 0.1) is 25.9 Å². The second kappa shape index (κ2) is 15.8. The number of unbranched alkanes of at least 4 members (excludes halogenated alkanes) is 2. The molecule has 6 N–H and O–H groups in total. The SMILES string of the molecule is COC(=O)CCCCCNC(=O)C1OC(OC2C(O)C(CO)OC(C(C)C)C2NC(C)=O)C(O)C(OC)C1O. The lowest BCUT2D eigenvalue weighted by Gasteiger charge is -2.49. The molecule has 0 aliphatic carbocycles. The second-order valence-electron chi connectivity index (χ2n) is 10.2. The van der Waals surface area contributed by atoms with E-state index >= 15 is 0 Å². The van der Waals surface area contributed by atoms with Gasteiger partial charge in [0.25, 0.3) is 5.91 Å². The van der Waals surface area contributed by atoms with Crippen molar-refractivity contribution in [3.05, 3.63) is 0 Å². The fourth-order valence-corrected chi connectivity index (χ4v) is 4.85. The summed E-state index contributed by atoms with van der Waals surface area (Å²) >= 11 is 0. The fraction of sp³-hybridized carbons (Fsp3) is 0.880. The Bertz CT molecular complexity index is 799. The summed E-state index contributed by atoms with van der Waals surface area (Å²) in [6, 6.07) is -0.888. The van der Waals surface area contributed by atoms with E-state index in [1.54, 1.807) is 0 Å². The third-order valence-corrected chi connectivity index (χ3v) is 6.91. The van der Waals surface area contributed by atoms with Crippen LogP contribution in [0.25, 0.3) is 0 Å². The Labute approximate surface area is 228 Å². The third kappa shape index (κ3) is 8.79. The molecule has 10 atom stereocenters. The topological polar surface area (TPSA) is 202 Å². The van der Waals surface area contributed by atoms with Crippen LogP contribution < -0.4 is 10.6 Å². The lowest BCUT2D eigenvalue weighted by molar-refractivity contribution is -0.327. The number of hydrogen-bond acceptors (Lipinski definition) is 12. The standard InChI is InChI=1S/C25H44N2O12/c1-12(2)20-16(27-13(3)29)21(17(31)14(11-28)37-20)38-25-19(33)22(36-5)18(32)23(39-25)24(34)26-10-8-6-7-9-15(30)35-4/h12,14,16-23,25,28,31-33H,6-11H2,1-5H3,(H,26,34)(H,27,29). The Kier molecular flexibility index (Phi) is 13.5. The molecule has 14 heteroatoms. The summed E-state index contributed by atoms with van der Waals surface area (Å²) in [5.74, 6) is -1.56. The number of aliphatic hydroxyl groups is 4. The Balaban J connectivity index is 2.15. The number of ether oxygens (including phenoxy) is 5. The maximum atomic E-state index is 12.9. The van der Waals surface area contributed by atoms with Crippen molar-refractivity contribution in [2.75, 3.05) is 27.4 Å². The largest absolute Gasteiger partial charge is 0.469 e. The number of esters is 1. The summed E-state index contributed by atoms with van der Waals surface area (Å²) in [7, 11) is 2.56. The Morgan fingerprint density at radius 2 is 1.64 bits per heavy atom. The molecule has 2 aliphatic rings. The van der Waals surface area contributed by atoms with Crippen LogP contribution in [0.2, 0.25) is 0 Å². The first-order valence-corrected chi connectivity index (χ1v) is 13.2. The van der Waals surface area contributed by atoms with Gasteiger partial charge in [-0.15, -0.1) is 0 Å². The van der Waals surface area contributed by atoms with Crippen LogP contribution in [0, 0.1) is 5.92 Å². The minimum absolute atomic E-state index is 0.161. The predicted octanol–water partition coefficient (Wildman–Crippen LogP) is -2.04. The van der Waals surface area contributed by atoms with Crippen molar-refractivity contribution in [3.63, 3.8) is 0 Å². The minimum atomic E-state index is -1.56. The zero-order valence-corrected chi connectivity index (χ0v) is 23.1. The molecule has 0 aromatic carbocycles. The van der Waals surface area contributed by atoms with E-state index in [0.29, 0.717) is 19.3 Å². The van der Waals surface area contributed by atoms with E-state index in [-0.39, 0.29) is 24.9 Å². The normalized spacial score (nSPS) is 34.9. The number of rotatable bonds is 13. The lowest BCUT2D eigenvalue weighted by atomic mass is 9.87. The van der Waals surface area contributed by atoms with E-state index in [1.165, 1.54) is 21.1 Å². The predicted molar refractivity (Wildman–Crippen MR) is 134 cm³/mol. The first-order chi connectivity index (χ1) is 18.5. The molecule has 2 fully saturated rings. The van der Waals surface area contributed by atoms with Crippen molar-refractivity contribution in [2.45, 2.75) is 108 Å². The maximum absolute atomic E-state index is 12.9. The molecule has 0 aromatic heterocycles. The molecular formula is C25H44N2O12. The van der Waals surface area contributed by atoms with E-state index in [0.717, 1.165) is 0 Å². The van der Waals surface area contributed by atoms with Gasteiger partial charge < -0.3 is 54.7 Å². The Hall–Kier alpha value is -1.91.